The summed E-state index contributed by atoms with van der Waals surface area (Å²) in [5, 5.41) is 17.3. The molecule has 0 bridgehead atoms. The van der Waals surface area contributed by atoms with Gasteiger partial charge in [0.25, 0.3) is 0 Å². The van der Waals surface area contributed by atoms with Crippen molar-refractivity contribution < 1.29 is 71.8 Å². The van der Waals surface area contributed by atoms with Crippen molar-refractivity contribution in [2.75, 3.05) is 26.4 Å². The van der Waals surface area contributed by atoms with Crippen LogP contribution in [0.1, 0.15) is 46.4 Å². The van der Waals surface area contributed by atoms with E-state index in [0.29, 0.717) is 25.7 Å². The Bertz CT molecular complexity index is 676. The number of benzene rings is 1. The van der Waals surface area contributed by atoms with Crippen molar-refractivity contribution in [2.45, 2.75) is 30.6 Å². The van der Waals surface area contributed by atoms with Gasteiger partial charge >= 0.3 is 41.5 Å². The summed E-state index contributed by atoms with van der Waals surface area (Å²) in [4.78, 5) is 23.2. The van der Waals surface area contributed by atoms with Crippen LogP contribution in [0.2, 0.25) is 0 Å². The Kier molecular flexibility index (Phi) is 12.7. The molecule has 0 fully saturated rings. The van der Waals surface area contributed by atoms with Crippen molar-refractivity contribution in [1.29, 1.82) is 0 Å². The Morgan fingerprint density at radius 3 is 1.63 bits per heavy atom. The maximum Gasteiger partial charge on any atom is 1.00 e. The van der Waals surface area contributed by atoms with Gasteiger partial charge in [0.2, 0.25) is 0 Å². The van der Waals surface area contributed by atoms with Crippen LogP contribution in [-0.4, -0.2) is 61.5 Å². The molecule has 0 atom stereocenters. The zero-order chi connectivity index (χ0) is 19.6. The van der Waals surface area contributed by atoms with Gasteiger partial charge in [-0.3, -0.25) is 0 Å². The van der Waals surface area contributed by atoms with E-state index in [-0.39, 0.29) is 56.0 Å². The second-order valence-corrected chi connectivity index (χ2v) is 6.59. The van der Waals surface area contributed by atoms with E-state index in [2.05, 4.69) is 0 Å². The summed E-state index contributed by atoms with van der Waals surface area (Å²) in [6, 6.07) is 3.38. The van der Waals surface area contributed by atoms with Crippen LogP contribution in [0.25, 0.3) is 0 Å². The van der Waals surface area contributed by atoms with Gasteiger partial charge in [-0.05, 0) is 37.8 Å². The first kappa shape index (κ1) is 26.0. The van der Waals surface area contributed by atoms with Gasteiger partial charge in [0.1, 0.15) is 10.1 Å². The van der Waals surface area contributed by atoms with E-state index in [0.717, 1.165) is 12.1 Å². The van der Waals surface area contributed by atoms with Crippen LogP contribution in [0.5, 0.6) is 0 Å². The molecule has 11 heteroatoms. The minimum absolute atomic E-state index is 0. The van der Waals surface area contributed by atoms with Crippen LogP contribution in [-0.2, 0) is 19.6 Å². The molecule has 2 N–H and O–H groups in total. The Hall–Kier alpha value is -1.01. The third-order valence-electron chi connectivity index (χ3n) is 3.28. The number of rotatable bonds is 11. The van der Waals surface area contributed by atoms with Gasteiger partial charge in [0.05, 0.1) is 29.2 Å². The zero-order valence-corrected chi connectivity index (χ0v) is 17.9. The van der Waals surface area contributed by atoms with Gasteiger partial charge in [0, 0.05) is 13.2 Å². The fourth-order valence-corrected chi connectivity index (χ4v) is 2.88. The molecule has 0 heterocycles. The molecule has 0 aliphatic heterocycles. The second kappa shape index (κ2) is 13.2. The number of unbranched alkanes of at least 4 members (excludes halogenated alkanes) is 2. The van der Waals surface area contributed by atoms with Crippen LogP contribution < -0.4 is 29.6 Å². The van der Waals surface area contributed by atoms with Gasteiger partial charge in [0.15, 0.2) is 0 Å². The third-order valence-corrected chi connectivity index (χ3v) is 4.22. The van der Waals surface area contributed by atoms with E-state index in [1.54, 1.807) is 0 Å². The standard InChI is InChI=1S/C16H22O9S.Na/c17-8-1-3-10-24-15(19)12-6-5-7-13(14(12)26(21,22)23)16(20)25-11-4-2-9-18;/h5-7,17-18H,1-4,8-11H2,(H,21,22,23);/q;+1/p-1. The van der Waals surface area contributed by atoms with Crippen molar-refractivity contribution in [3.8, 4) is 0 Å². The normalized spacial score (nSPS) is 10.8. The van der Waals surface area contributed by atoms with Crippen LogP contribution in [0.15, 0.2) is 23.1 Å². The number of aliphatic hydroxyl groups excluding tert-OH is 2. The summed E-state index contributed by atoms with van der Waals surface area (Å²) in [5.74, 6) is -2.13. The van der Waals surface area contributed by atoms with Gasteiger partial charge < -0.3 is 24.2 Å². The smallest absolute Gasteiger partial charge is 0.744 e. The van der Waals surface area contributed by atoms with E-state index in [9.17, 15) is 22.6 Å². The van der Waals surface area contributed by atoms with Crippen molar-refractivity contribution in [1.82, 2.24) is 0 Å². The molecule has 0 aliphatic carbocycles. The van der Waals surface area contributed by atoms with Gasteiger partial charge in [-0.1, -0.05) is 6.07 Å². The molecule has 0 amide bonds. The summed E-state index contributed by atoms with van der Waals surface area (Å²) >= 11 is 0. The van der Waals surface area contributed by atoms with Gasteiger partial charge in [-0.15, -0.1) is 0 Å². The number of carbonyl (C=O) groups excluding carboxylic acids is 2. The summed E-state index contributed by atoms with van der Waals surface area (Å²) in [5.41, 5.74) is -1.09. The van der Waals surface area contributed by atoms with E-state index >= 15 is 0 Å². The summed E-state index contributed by atoms with van der Waals surface area (Å²) in [6.45, 7) is -0.328. The molecule has 0 unspecified atom stereocenters. The van der Waals surface area contributed by atoms with Crippen molar-refractivity contribution in [2.24, 2.45) is 0 Å². The predicted molar refractivity (Wildman–Crippen MR) is 87.6 cm³/mol. The minimum Gasteiger partial charge on any atom is -0.744 e. The van der Waals surface area contributed by atoms with Crippen LogP contribution >= 0.6 is 0 Å². The minimum atomic E-state index is -5.16. The molecule has 1 rings (SSSR count). The van der Waals surface area contributed by atoms with E-state index in [4.69, 9.17) is 19.7 Å². The SMILES string of the molecule is O=C(OCCCCO)c1cccc(C(=O)OCCCCO)c1S(=O)(=O)[O-].[Na+]. The molecule has 27 heavy (non-hydrogen) atoms. The first-order valence-corrected chi connectivity index (χ1v) is 9.38. The van der Waals surface area contributed by atoms with Crippen molar-refractivity contribution >= 4 is 22.1 Å². The first-order chi connectivity index (χ1) is 12.3. The molecule has 0 aliphatic rings. The average molecular weight is 412 g/mol. The molecule has 0 saturated heterocycles. The van der Waals surface area contributed by atoms with Gasteiger partial charge in [-0.25, -0.2) is 18.0 Å². The Labute approximate surface area is 179 Å². The second-order valence-electron chi connectivity index (χ2n) is 5.27. The molecule has 146 valence electrons. The number of carbonyl (C=O) groups is 2. The molecule has 1 aromatic carbocycles. The molecule has 0 aromatic heterocycles. The maximum atomic E-state index is 12.1. The summed E-state index contributed by atoms with van der Waals surface area (Å²) in [7, 11) is -5.16. The van der Waals surface area contributed by atoms with E-state index in [1.165, 1.54) is 6.07 Å². The molecule has 9 nitrogen and oxygen atoms in total. The quantitative estimate of drug-likeness (QED) is 0.173. The van der Waals surface area contributed by atoms with Gasteiger partial charge in [-0.2, -0.15) is 0 Å². The average Bonchev–Trinajstić information content (AvgIpc) is 2.60. The molecular weight excluding hydrogens is 391 g/mol. The molecule has 0 radical (unpaired) electrons. The zero-order valence-electron chi connectivity index (χ0n) is 15.0. The first-order valence-electron chi connectivity index (χ1n) is 7.97. The van der Waals surface area contributed by atoms with E-state index in [1.807, 2.05) is 0 Å². The predicted octanol–water partition coefficient (Wildman–Crippen LogP) is -2.55. The summed E-state index contributed by atoms with van der Waals surface area (Å²) in [6.07, 6.45) is 1.49. The molecular formula is C16H21NaO9S. The number of ether oxygens (including phenoxy) is 2. The number of hydrogen-bond donors (Lipinski definition) is 2. The maximum absolute atomic E-state index is 12.1. The fraction of sp³-hybridized carbons (Fsp3) is 0.500. The Morgan fingerprint density at radius 1 is 0.889 bits per heavy atom. The number of esters is 2. The number of hydrogen-bond acceptors (Lipinski definition) is 9. The fourth-order valence-electron chi connectivity index (χ4n) is 2.04. The number of aliphatic hydroxyl groups is 2. The molecule has 0 spiro atoms. The largest absolute Gasteiger partial charge is 1.00 e. The Balaban J connectivity index is 0.00000676. The molecule has 1 aromatic rings. The van der Waals surface area contributed by atoms with Crippen LogP contribution in [0, 0.1) is 0 Å². The summed E-state index contributed by atoms with van der Waals surface area (Å²) < 4.78 is 44.6. The Morgan fingerprint density at radius 2 is 1.30 bits per heavy atom. The van der Waals surface area contributed by atoms with Crippen molar-refractivity contribution in [3.05, 3.63) is 29.3 Å². The topological polar surface area (TPSA) is 150 Å². The van der Waals surface area contributed by atoms with Crippen LogP contribution in [0.3, 0.4) is 0 Å². The van der Waals surface area contributed by atoms with E-state index < -0.39 is 38.1 Å². The monoisotopic (exact) mass is 412 g/mol. The molecule has 0 saturated carbocycles. The third kappa shape index (κ3) is 8.69. The van der Waals surface area contributed by atoms with Crippen LogP contribution in [0.4, 0.5) is 0 Å². The van der Waals surface area contributed by atoms with Crippen molar-refractivity contribution in [3.63, 3.8) is 0 Å².